The van der Waals surface area contributed by atoms with Crippen LogP contribution in [0.25, 0.3) is 0 Å². The summed E-state index contributed by atoms with van der Waals surface area (Å²) in [4.78, 5) is 22.8. The molecule has 0 aliphatic carbocycles. The van der Waals surface area contributed by atoms with Crippen molar-refractivity contribution in [2.45, 2.75) is 25.0 Å². The first-order valence-corrected chi connectivity index (χ1v) is 7.61. The van der Waals surface area contributed by atoms with Crippen LogP contribution in [0.1, 0.15) is 30.2 Å². The van der Waals surface area contributed by atoms with Crippen LogP contribution < -0.4 is 5.32 Å². The number of thioether (sulfide) groups is 1. The number of aromatic carboxylic acids is 1. The molecule has 2 N–H and O–H groups in total. The normalized spacial score (nSPS) is 10.7. The van der Waals surface area contributed by atoms with Crippen LogP contribution in [0.5, 0.6) is 0 Å². The van der Waals surface area contributed by atoms with Gasteiger partial charge in [0.1, 0.15) is 6.33 Å². The summed E-state index contributed by atoms with van der Waals surface area (Å²) in [5.41, 5.74) is 0.584. The Labute approximate surface area is 131 Å². The molecule has 0 fully saturated rings. The molecular formula is C14H16N4O3S. The fourth-order valence-electron chi connectivity index (χ4n) is 1.75. The number of benzene rings is 1. The van der Waals surface area contributed by atoms with Crippen LogP contribution in [-0.2, 0) is 4.79 Å². The summed E-state index contributed by atoms with van der Waals surface area (Å²) in [6.45, 7) is 4.01. The monoisotopic (exact) mass is 320 g/mol. The highest BCUT2D eigenvalue weighted by atomic mass is 32.2. The van der Waals surface area contributed by atoms with Crippen LogP contribution in [0.3, 0.4) is 0 Å². The number of hydrogen-bond acceptors (Lipinski definition) is 5. The first-order chi connectivity index (χ1) is 10.5. The van der Waals surface area contributed by atoms with Gasteiger partial charge in [-0.25, -0.2) is 4.79 Å². The maximum absolute atomic E-state index is 11.9. The zero-order chi connectivity index (χ0) is 16.1. The molecule has 1 aromatic carbocycles. The summed E-state index contributed by atoms with van der Waals surface area (Å²) in [6, 6.07) is 6.33. The zero-order valence-corrected chi connectivity index (χ0v) is 13.0. The highest BCUT2D eigenvalue weighted by molar-refractivity contribution is 7.99. The van der Waals surface area contributed by atoms with Crippen molar-refractivity contribution in [2.24, 2.45) is 0 Å². The molecule has 116 valence electrons. The molecule has 1 heterocycles. The molecule has 22 heavy (non-hydrogen) atoms. The number of hydrogen-bond donors (Lipinski definition) is 2. The van der Waals surface area contributed by atoms with Gasteiger partial charge in [0.2, 0.25) is 5.91 Å². The Kier molecular flexibility index (Phi) is 5.16. The molecule has 0 saturated carbocycles. The molecule has 1 amide bonds. The highest BCUT2D eigenvalue weighted by Crippen LogP contribution is 2.19. The predicted molar refractivity (Wildman–Crippen MR) is 83.2 cm³/mol. The fourth-order valence-corrected chi connectivity index (χ4v) is 2.59. The van der Waals surface area contributed by atoms with E-state index >= 15 is 0 Å². The van der Waals surface area contributed by atoms with Gasteiger partial charge >= 0.3 is 5.97 Å². The third-order valence-electron chi connectivity index (χ3n) is 2.82. The lowest BCUT2D eigenvalue weighted by Gasteiger charge is -2.09. The number of carbonyl (C=O) groups excluding carboxylic acids is 1. The number of nitrogens with zero attached hydrogens (tertiary/aromatic N) is 3. The van der Waals surface area contributed by atoms with E-state index in [0.717, 1.165) is 0 Å². The third kappa shape index (κ3) is 4.08. The Balaban J connectivity index is 1.94. The summed E-state index contributed by atoms with van der Waals surface area (Å²) in [5.74, 6) is -1.09. The van der Waals surface area contributed by atoms with Crippen molar-refractivity contribution in [1.29, 1.82) is 0 Å². The van der Waals surface area contributed by atoms with Gasteiger partial charge in [-0.05, 0) is 32.0 Å². The average Bonchev–Trinajstić information content (AvgIpc) is 2.94. The number of nitrogens with one attached hydrogen (secondary N) is 1. The third-order valence-corrected chi connectivity index (χ3v) is 3.78. The molecule has 0 aliphatic rings. The number of carbonyl (C=O) groups is 2. The summed E-state index contributed by atoms with van der Waals surface area (Å²) >= 11 is 1.28. The fraction of sp³-hybridized carbons (Fsp3) is 0.286. The molecule has 0 atom stereocenters. The molecule has 0 aliphatic heterocycles. The average molecular weight is 320 g/mol. The second-order valence-corrected chi connectivity index (χ2v) is 5.78. The second-order valence-electron chi connectivity index (χ2n) is 4.84. The van der Waals surface area contributed by atoms with Crippen molar-refractivity contribution < 1.29 is 14.7 Å². The summed E-state index contributed by atoms with van der Waals surface area (Å²) in [5, 5.41) is 20.1. The van der Waals surface area contributed by atoms with Gasteiger partial charge in [0, 0.05) is 11.7 Å². The Morgan fingerprint density at radius 3 is 2.86 bits per heavy atom. The van der Waals surface area contributed by atoms with Gasteiger partial charge in [-0.15, -0.1) is 10.2 Å². The summed E-state index contributed by atoms with van der Waals surface area (Å²) < 4.78 is 1.88. The van der Waals surface area contributed by atoms with Crippen LogP contribution in [0.2, 0.25) is 0 Å². The van der Waals surface area contributed by atoms with E-state index in [1.54, 1.807) is 18.5 Å². The van der Waals surface area contributed by atoms with Crippen molar-refractivity contribution >= 4 is 29.3 Å². The van der Waals surface area contributed by atoms with Gasteiger partial charge in [0.15, 0.2) is 5.16 Å². The Morgan fingerprint density at radius 1 is 1.41 bits per heavy atom. The van der Waals surface area contributed by atoms with E-state index < -0.39 is 5.97 Å². The number of aromatic nitrogens is 3. The Morgan fingerprint density at radius 2 is 2.18 bits per heavy atom. The van der Waals surface area contributed by atoms with Gasteiger partial charge in [0.05, 0.1) is 11.3 Å². The molecule has 0 spiro atoms. The zero-order valence-electron chi connectivity index (χ0n) is 12.2. The maximum atomic E-state index is 11.9. The minimum atomic E-state index is -1.03. The Bertz CT molecular complexity index is 684. The minimum Gasteiger partial charge on any atom is -0.478 e. The number of anilines is 1. The number of carboxylic acids is 1. The molecule has 0 radical (unpaired) electrons. The molecule has 2 rings (SSSR count). The first kappa shape index (κ1) is 16.0. The molecule has 7 nitrogen and oxygen atoms in total. The molecule has 8 heteroatoms. The van der Waals surface area contributed by atoms with Crippen LogP contribution in [0.15, 0.2) is 35.7 Å². The molecule has 0 unspecified atom stereocenters. The Hall–Kier alpha value is -2.35. The first-order valence-electron chi connectivity index (χ1n) is 6.63. The largest absolute Gasteiger partial charge is 0.478 e. The summed E-state index contributed by atoms with van der Waals surface area (Å²) in [6.07, 6.45) is 1.63. The lowest BCUT2D eigenvalue weighted by atomic mass is 10.2. The lowest BCUT2D eigenvalue weighted by molar-refractivity contribution is -0.113. The van der Waals surface area contributed by atoms with Crippen molar-refractivity contribution in [1.82, 2.24) is 14.8 Å². The molecular weight excluding hydrogens is 304 g/mol. The standard InChI is InChI=1S/C14H16N4O3S/c1-9(2)18-8-15-17-14(18)22-7-12(19)16-11-5-3-4-10(6-11)13(20)21/h3-6,8-9H,7H2,1-2H3,(H,16,19)(H,20,21). The molecule has 0 bridgehead atoms. The molecule has 0 saturated heterocycles. The lowest BCUT2D eigenvalue weighted by Crippen LogP contribution is -2.15. The van der Waals surface area contributed by atoms with Crippen LogP contribution in [0, 0.1) is 0 Å². The smallest absolute Gasteiger partial charge is 0.335 e. The van der Waals surface area contributed by atoms with E-state index in [2.05, 4.69) is 15.5 Å². The van der Waals surface area contributed by atoms with E-state index in [-0.39, 0.29) is 23.3 Å². The van der Waals surface area contributed by atoms with Crippen molar-refractivity contribution in [3.8, 4) is 0 Å². The second kappa shape index (κ2) is 7.08. The SMILES string of the molecule is CC(C)n1cnnc1SCC(=O)Nc1cccc(C(=O)O)c1. The topological polar surface area (TPSA) is 97.1 Å². The van der Waals surface area contributed by atoms with E-state index in [9.17, 15) is 9.59 Å². The predicted octanol–water partition coefficient (Wildman–Crippen LogP) is 2.29. The van der Waals surface area contributed by atoms with Gasteiger partial charge in [0.25, 0.3) is 0 Å². The number of amides is 1. The van der Waals surface area contributed by atoms with E-state index in [1.807, 2.05) is 18.4 Å². The number of rotatable bonds is 6. The maximum Gasteiger partial charge on any atom is 0.335 e. The molecule has 1 aromatic heterocycles. The van der Waals surface area contributed by atoms with Crippen molar-refractivity contribution in [2.75, 3.05) is 11.1 Å². The van der Waals surface area contributed by atoms with Gasteiger partial charge in [-0.3, -0.25) is 4.79 Å². The quantitative estimate of drug-likeness (QED) is 0.793. The van der Waals surface area contributed by atoms with E-state index in [4.69, 9.17) is 5.11 Å². The van der Waals surface area contributed by atoms with Gasteiger partial charge in [-0.2, -0.15) is 0 Å². The summed E-state index contributed by atoms with van der Waals surface area (Å²) in [7, 11) is 0. The highest BCUT2D eigenvalue weighted by Gasteiger charge is 2.11. The molecule has 2 aromatic rings. The van der Waals surface area contributed by atoms with Crippen LogP contribution in [0.4, 0.5) is 5.69 Å². The van der Waals surface area contributed by atoms with Crippen molar-refractivity contribution in [3.63, 3.8) is 0 Å². The number of carboxylic acid groups (broad SMARTS) is 1. The van der Waals surface area contributed by atoms with E-state index in [1.165, 1.54) is 23.9 Å². The van der Waals surface area contributed by atoms with Gasteiger partial charge in [-0.1, -0.05) is 17.8 Å². The van der Waals surface area contributed by atoms with Gasteiger partial charge < -0.3 is 15.0 Å². The van der Waals surface area contributed by atoms with E-state index in [0.29, 0.717) is 10.8 Å². The van der Waals surface area contributed by atoms with Crippen LogP contribution >= 0.6 is 11.8 Å². The minimum absolute atomic E-state index is 0.130. The van der Waals surface area contributed by atoms with Crippen LogP contribution in [-0.4, -0.2) is 37.5 Å². The van der Waals surface area contributed by atoms with Crippen molar-refractivity contribution in [3.05, 3.63) is 36.2 Å².